The number of carbonyl (C=O) groups is 1. The molecule has 0 bridgehead atoms. The number of amidine groups is 1. The zero-order valence-electron chi connectivity index (χ0n) is 16.3. The van der Waals surface area contributed by atoms with Crippen LogP contribution in [0.15, 0.2) is 24.3 Å². The first kappa shape index (κ1) is 20.5. The van der Waals surface area contributed by atoms with Crippen LogP contribution in [-0.2, 0) is 0 Å². The van der Waals surface area contributed by atoms with Gasteiger partial charge >= 0.3 is 12.4 Å². The van der Waals surface area contributed by atoms with Gasteiger partial charge in [0, 0.05) is 12.0 Å². The lowest BCUT2D eigenvalue weighted by Crippen LogP contribution is -2.63. The summed E-state index contributed by atoms with van der Waals surface area (Å²) in [6, 6.07) is 4.58. The van der Waals surface area contributed by atoms with E-state index in [1.54, 1.807) is 0 Å². The Labute approximate surface area is 162 Å². The van der Waals surface area contributed by atoms with Crippen molar-refractivity contribution >= 4 is 17.6 Å². The third-order valence-electron chi connectivity index (χ3n) is 5.85. The van der Waals surface area contributed by atoms with Gasteiger partial charge in [0.25, 0.3) is 0 Å². The van der Waals surface area contributed by atoms with Crippen LogP contribution in [0.1, 0.15) is 52.9 Å². The summed E-state index contributed by atoms with van der Waals surface area (Å²) in [7, 11) is 0. The van der Waals surface area contributed by atoms with Crippen LogP contribution >= 0.6 is 0 Å². The number of hydrogen-bond donors (Lipinski definition) is 2. The average molecular weight is 397 g/mol. The molecule has 0 unspecified atom stereocenters. The molecule has 1 saturated carbocycles. The van der Waals surface area contributed by atoms with Crippen molar-refractivity contribution in [3.05, 3.63) is 24.3 Å². The van der Waals surface area contributed by atoms with E-state index in [4.69, 9.17) is 5.41 Å². The standard InChI is InChI=1S/C20H26F3N3O2/c1-18(2,3)13-8-10-19(11-9-13)12-16(24)26(17(27)25-19)14-4-6-15(7-5-14)28-20(21,22)23/h4-7,13,24H,8-12H2,1-3H3,(H,25,27). The molecule has 2 fully saturated rings. The maximum atomic E-state index is 12.7. The van der Waals surface area contributed by atoms with Crippen molar-refractivity contribution in [2.75, 3.05) is 4.90 Å². The summed E-state index contributed by atoms with van der Waals surface area (Å²) in [5.74, 6) is 0.378. The molecule has 1 aromatic rings. The van der Waals surface area contributed by atoms with Gasteiger partial charge in [0.15, 0.2) is 0 Å². The third-order valence-corrected chi connectivity index (χ3v) is 5.85. The van der Waals surface area contributed by atoms with Crippen molar-refractivity contribution in [2.24, 2.45) is 11.3 Å². The minimum absolute atomic E-state index is 0.155. The van der Waals surface area contributed by atoms with Gasteiger partial charge in [-0.2, -0.15) is 0 Å². The second kappa shape index (κ2) is 6.97. The molecule has 1 aliphatic carbocycles. The van der Waals surface area contributed by atoms with E-state index in [0.29, 0.717) is 18.0 Å². The van der Waals surface area contributed by atoms with Crippen LogP contribution in [0.2, 0.25) is 0 Å². The maximum Gasteiger partial charge on any atom is 0.573 e. The lowest BCUT2D eigenvalue weighted by molar-refractivity contribution is -0.274. The first-order valence-corrected chi connectivity index (χ1v) is 9.44. The first-order valence-electron chi connectivity index (χ1n) is 9.44. The van der Waals surface area contributed by atoms with Crippen LogP contribution < -0.4 is 15.0 Å². The van der Waals surface area contributed by atoms with Gasteiger partial charge in [-0.15, -0.1) is 13.2 Å². The molecule has 1 spiro atoms. The fourth-order valence-corrected chi connectivity index (χ4v) is 4.26. The van der Waals surface area contributed by atoms with Crippen molar-refractivity contribution < 1.29 is 22.7 Å². The Morgan fingerprint density at radius 1 is 1.14 bits per heavy atom. The van der Waals surface area contributed by atoms with Crippen molar-refractivity contribution in [3.63, 3.8) is 0 Å². The highest BCUT2D eigenvalue weighted by Crippen LogP contribution is 2.44. The fourth-order valence-electron chi connectivity index (χ4n) is 4.26. The minimum Gasteiger partial charge on any atom is -0.406 e. The molecule has 5 nitrogen and oxygen atoms in total. The summed E-state index contributed by atoms with van der Waals surface area (Å²) in [6.07, 6.45) is -0.697. The van der Waals surface area contributed by atoms with E-state index in [-0.39, 0.29) is 17.0 Å². The zero-order chi connectivity index (χ0) is 20.7. The fraction of sp³-hybridized carbons (Fsp3) is 0.600. The molecule has 1 aromatic carbocycles. The van der Waals surface area contributed by atoms with Crippen molar-refractivity contribution in [1.29, 1.82) is 5.41 Å². The topological polar surface area (TPSA) is 65.4 Å². The summed E-state index contributed by atoms with van der Waals surface area (Å²) in [5, 5.41) is 11.5. The van der Waals surface area contributed by atoms with Crippen molar-refractivity contribution in [3.8, 4) is 5.75 Å². The van der Waals surface area contributed by atoms with E-state index >= 15 is 0 Å². The van der Waals surface area contributed by atoms with Crippen LogP contribution in [-0.4, -0.2) is 23.8 Å². The Bertz CT molecular complexity index is 725. The molecule has 2 N–H and O–H groups in total. The molecular formula is C20H26F3N3O2. The van der Waals surface area contributed by atoms with Gasteiger partial charge in [-0.05, 0) is 61.3 Å². The van der Waals surface area contributed by atoms with E-state index in [9.17, 15) is 18.0 Å². The molecule has 8 heteroatoms. The van der Waals surface area contributed by atoms with Crippen LogP contribution in [0.25, 0.3) is 0 Å². The van der Waals surface area contributed by atoms with E-state index in [1.807, 2.05) is 0 Å². The lowest BCUT2D eigenvalue weighted by Gasteiger charge is -2.48. The number of benzene rings is 1. The Morgan fingerprint density at radius 3 is 2.18 bits per heavy atom. The highest BCUT2D eigenvalue weighted by Gasteiger charge is 2.45. The first-order chi connectivity index (χ1) is 12.9. The van der Waals surface area contributed by atoms with E-state index < -0.39 is 17.9 Å². The molecule has 0 aromatic heterocycles. The predicted octanol–water partition coefficient (Wildman–Crippen LogP) is 5.46. The Hall–Kier alpha value is -2.25. The minimum atomic E-state index is -4.77. The number of urea groups is 1. The van der Waals surface area contributed by atoms with Crippen molar-refractivity contribution in [2.45, 2.75) is 64.8 Å². The van der Waals surface area contributed by atoms with E-state index in [2.05, 4.69) is 30.8 Å². The summed E-state index contributed by atoms with van der Waals surface area (Å²) in [6.45, 7) is 6.68. The predicted molar refractivity (Wildman–Crippen MR) is 101 cm³/mol. The van der Waals surface area contributed by atoms with Gasteiger partial charge in [-0.3, -0.25) is 10.3 Å². The number of alkyl halides is 3. The molecule has 28 heavy (non-hydrogen) atoms. The Morgan fingerprint density at radius 2 is 1.71 bits per heavy atom. The molecule has 0 radical (unpaired) electrons. The summed E-state index contributed by atoms with van der Waals surface area (Å²) in [5.41, 5.74) is 0.168. The maximum absolute atomic E-state index is 12.7. The highest BCUT2D eigenvalue weighted by molar-refractivity contribution is 6.17. The monoisotopic (exact) mass is 397 g/mol. The number of nitrogens with one attached hydrogen (secondary N) is 2. The van der Waals surface area contributed by atoms with Gasteiger partial charge in [0.2, 0.25) is 0 Å². The lowest BCUT2D eigenvalue weighted by atomic mass is 9.66. The molecular weight excluding hydrogens is 371 g/mol. The van der Waals surface area contributed by atoms with Gasteiger partial charge < -0.3 is 10.1 Å². The Balaban J connectivity index is 1.69. The molecule has 2 amide bonds. The molecule has 2 aliphatic rings. The van der Waals surface area contributed by atoms with Gasteiger partial charge in [0.05, 0.1) is 5.69 Å². The largest absolute Gasteiger partial charge is 0.573 e. The van der Waals surface area contributed by atoms with Gasteiger partial charge in [-0.25, -0.2) is 4.79 Å². The molecule has 1 heterocycles. The second-order valence-corrected chi connectivity index (χ2v) is 8.85. The number of amides is 2. The highest BCUT2D eigenvalue weighted by atomic mass is 19.4. The number of rotatable bonds is 2. The number of anilines is 1. The number of halogens is 3. The smallest absolute Gasteiger partial charge is 0.406 e. The normalized spacial score (nSPS) is 26.4. The van der Waals surface area contributed by atoms with Crippen LogP contribution in [0.3, 0.4) is 0 Å². The molecule has 1 saturated heterocycles. The quantitative estimate of drug-likeness (QED) is 0.696. The van der Waals surface area contributed by atoms with E-state index in [0.717, 1.165) is 37.8 Å². The molecule has 154 valence electrons. The molecule has 3 rings (SSSR count). The van der Waals surface area contributed by atoms with Crippen LogP contribution in [0, 0.1) is 16.7 Å². The van der Waals surface area contributed by atoms with E-state index in [1.165, 1.54) is 17.0 Å². The molecule has 0 atom stereocenters. The SMILES string of the molecule is CC(C)(C)C1CCC2(CC1)CC(=N)N(c1ccc(OC(F)(F)F)cc1)C(=O)N2. The average Bonchev–Trinajstić information content (AvgIpc) is 2.54. The second-order valence-electron chi connectivity index (χ2n) is 8.85. The summed E-state index contributed by atoms with van der Waals surface area (Å²) < 4.78 is 40.7. The van der Waals surface area contributed by atoms with Crippen molar-refractivity contribution in [1.82, 2.24) is 5.32 Å². The number of ether oxygens (including phenoxy) is 1. The zero-order valence-corrected chi connectivity index (χ0v) is 16.3. The third kappa shape index (κ3) is 4.42. The van der Waals surface area contributed by atoms with Gasteiger partial charge in [0.1, 0.15) is 11.6 Å². The number of hydrogen-bond acceptors (Lipinski definition) is 3. The summed E-state index contributed by atoms with van der Waals surface area (Å²) in [4.78, 5) is 13.9. The Kier molecular flexibility index (Phi) is 5.10. The van der Waals surface area contributed by atoms with Crippen LogP contribution in [0.4, 0.5) is 23.7 Å². The molecule has 1 aliphatic heterocycles. The number of nitrogens with zero attached hydrogens (tertiary/aromatic N) is 1. The summed E-state index contributed by atoms with van der Waals surface area (Å²) >= 11 is 0. The van der Waals surface area contributed by atoms with Gasteiger partial charge in [-0.1, -0.05) is 20.8 Å². The number of carbonyl (C=O) groups excluding carboxylic acids is 1. The van der Waals surface area contributed by atoms with Crippen LogP contribution in [0.5, 0.6) is 5.75 Å².